The fourth-order valence-corrected chi connectivity index (χ4v) is 3.97. The zero-order valence-electron chi connectivity index (χ0n) is 19.2. The maximum atomic E-state index is 10.1. The first kappa shape index (κ1) is 22.9. The number of hydrogen-bond donors (Lipinski definition) is 1. The maximum absolute atomic E-state index is 10.1. The summed E-state index contributed by atoms with van der Waals surface area (Å²) in [7, 11) is 0. The first-order valence-corrected chi connectivity index (χ1v) is 11.8. The lowest BCUT2D eigenvalue weighted by atomic mass is 10.0. The van der Waals surface area contributed by atoms with Gasteiger partial charge < -0.3 is 14.6 Å². The molecular weight excluding hydrogens is 408 g/mol. The Bertz CT molecular complexity index is 1140. The van der Waals surface area contributed by atoms with E-state index in [0.29, 0.717) is 13.2 Å². The van der Waals surface area contributed by atoms with E-state index < -0.39 is 0 Å². The van der Waals surface area contributed by atoms with Crippen LogP contribution in [0.1, 0.15) is 42.9 Å². The largest absolute Gasteiger partial charge is 0.485 e. The Morgan fingerprint density at radius 2 is 1.21 bits per heavy atom. The number of aliphatic hydroxyl groups is 1. The third-order valence-electron chi connectivity index (χ3n) is 5.83. The molecule has 0 saturated heterocycles. The smallest absolute Gasteiger partial charge is 0.162 e. The molecule has 0 aliphatic rings. The number of fused-ring (bicyclic) bond motifs is 1. The maximum Gasteiger partial charge on any atom is 0.162 e. The van der Waals surface area contributed by atoms with E-state index in [2.05, 4.69) is 61.5 Å². The van der Waals surface area contributed by atoms with Crippen molar-refractivity contribution in [1.29, 1.82) is 0 Å². The van der Waals surface area contributed by atoms with Gasteiger partial charge in [-0.2, -0.15) is 0 Å². The van der Waals surface area contributed by atoms with Gasteiger partial charge in [0.1, 0.15) is 13.2 Å². The first-order valence-electron chi connectivity index (χ1n) is 11.8. The minimum atomic E-state index is -0.232. The van der Waals surface area contributed by atoms with Crippen molar-refractivity contribution in [3.8, 4) is 11.5 Å². The van der Waals surface area contributed by atoms with E-state index in [1.807, 2.05) is 36.4 Å². The molecule has 0 aliphatic carbocycles. The highest BCUT2D eigenvalue weighted by molar-refractivity contribution is 5.86. The zero-order chi connectivity index (χ0) is 22.9. The molecule has 1 N–H and O–H groups in total. The molecule has 0 bridgehead atoms. The summed E-state index contributed by atoms with van der Waals surface area (Å²) in [5, 5.41) is 12.3. The average molecular weight is 441 g/mol. The molecule has 170 valence electrons. The van der Waals surface area contributed by atoms with Crippen molar-refractivity contribution in [2.24, 2.45) is 0 Å². The van der Waals surface area contributed by atoms with E-state index in [0.717, 1.165) is 59.1 Å². The number of aryl methyl sites for hydroxylation is 1. The van der Waals surface area contributed by atoms with E-state index in [1.165, 1.54) is 5.56 Å². The Kier molecular flexibility index (Phi) is 7.99. The molecule has 0 heterocycles. The van der Waals surface area contributed by atoms with Crippen molar-refractivity contribution in [3.63, 3.8) is 0 Å². The quantitative estimate of drug-likeness (QED) is 0.270. The van der Waals surface area contributed by atoms with Gasteiger partial charge in [-0.25, -0.2) is 0 Å². The van der Waals surface area contributed by atoms with Crippen LogP contribution in [-0.2, 0) is 19.6 Å². The van der Waals surface area contributed by atoms with Crippen molar-refractivity contribution in [2.75, 3.05) is 0 Å². The molecule has 4 aromatic carbocycles. The zero-order valence-corrected chi connectivity index (χ0v) is 19.2. The van der Waals surface area contributed by atoms with Crippen molar-refractivity contribution in [2.45, 2.75) is 51.9 Å². The summed E-state index contributed by atoms with van der Waals surface area (Å²) in [5.41, 5.74) is 3.46. The predicted octanol–water partition coefficient (Wildman–Crippen LogP) is 7.09. The van der Waals surface area contributed by atoms with E-state index in [1.54, 1.807) is 0 Å². The van der Waals surface area contributed by atoms with Gasteiger partial charge in [0.15, 0.2) is 11.5 Å². The van der Waals surface area contributed by atoms with Crippen LogP contribution in [0.4, 0.5) is 0 Å². The molecule has 1 unspecified atom stereocenters. The molecule has 0 radical (unpaired) electrons. The minimum Gasteiger partial charge on any atom is -0.485 e. The summed E-state index contributed by atoms with van der Waals surface area (Å²) in [6, 6.07) is 30.9. The minimum absolute atomic E-state index is 0.232. The van der Waals surface area contributed by atoms with Crippen LogP contribution in [0, 0.1) is 0 Å². The van der Waals surface area contributed by atoms with Crippen LogP contribution in [0.5, 0.6) is 11.5 Å². The summed E-state index contributed by atoms with van der Waals surface area (Å²) in [5.74, 6) is 1.49. The first-order chi connectivity index (χ1) is 16.2. The van der Waals surface area contributed by atoms with E-state index in [4.69, 9.17) is 9.47 Å². The highest BCUT2D eigenvalue weighted by Crippen LogP contribution is 2.34. The highest BCUT2D eigenvalue weighted by atomic mass is 16.5. The van der Waals surface area contributed by atoms with Gasteiger partial charge >= 0.3 is 0 Å². The van der Waals surface area contributed by atoms with Crippen LogP contribution in [0.25, 0.3) is 10.8 Å². The van der Waals surface area contributed by atoms with Crippen molar-refractivity contribution in [1.82, 2.24) is 0 Å². The highest BCUT2D eigenvalue weighted by Gasteiger charge is 2.11. The summed E-state index contributed by atoms with van der Waals surface area (Å²) in [4.78, 5) is 0. The lowest BCUT2D eigenvalue weighted by molar-refractivity contribution is 0.154. The lowest BCUT2D eigenvalue weighted by Crippen LogP contribution is -2.07. The second kappa shape index (κ2) is 11.5. The number of ether oxygens (including phenoxy) is 2. The number of aliphatic hydroxyl groups excluding tert-OH is 1. The molecule has 0 saturated carbocycles. The van der Waals surface area contributed by atoms with Crippen molar-refractivity contribution in [3.05, 3.63) is 108 Å². The Balaban J connectivity index is 1.57. The summed E-state index contributed by atoms with van der Waals surface area (Å²) in [6.07, 6.45) is 3.28. The summed E-state index contributed by atoms with van der Waals surface area (Å²) in [6.45, 7) is 3.08. The molecule has 0 aliphatic heterocycles. The third-order valence-corrected chi connectivity index (χ3v) is 5.83. The lowest BCUT2D eigenvalue weighted by Gasteiger charge is -2.15. The standard InChI is InChI=1S/C30H32O3/c1-2-9-28(31)17-15-23-14-16-26-19-29(32-21-24-10-5-3-6-11-24)30(20-27(26)18-23)33-22-25-12-7-4-8-13-25/h3-8,10-14,16,18-20,28,31H,2,9,15,17,21-22H2,1H3. The van der Waals surface area contributed by atoms with Gasteiger partial charge in [-0.05, 0) is 58.9 Å². The van der Waals surface area contributed by atoms with Crippen LogP contribution >= 0.6 is 0 Å². The molecule has 33 heavy (non-hydrogen) atoms. The summed E-state index contributed by atoms with van der Waals surface area (Å²) >= 11 is 0. The molecule has 4 aromatic rings. The fourth-order valence-electron chi connectivity index (χ4n) is 3.97. The van der Waals surface area contributed by atoms with Gasteiger partial charge in [-0.3, -0.25) is 0 Å². The molecule has 0 spiro atoms. The van der Waals surface area contributed by atoms with Gasteiger partial charge in [-0.1, -0.05) is 92.2 Å². The van der Waals surface area contributed by atoms with Crippen molar-refractivity contribution < 1.29 is 14.6 Å². The SMILES string of the molecule is CCCC(O)CCc1ccc2cc(OCc3ccccc3)c(OCc3ccccc3)cc2c1. The van der Waals surface area contributed by atoms with E-state index in [-0.39, 0.29) is 6.10 Å². The van der Waals surface area contributed by atoms with E-state index >= 15 is 0 Å². The predicted molar refractivity (Wildman–Crippen MR) is 135 cm³/mol. The Labute approximate surface area is 196 Å². The van der Waals surface area contributed by atoms with Gasteiger partial charge in [0.25, 0.3) is 0 Å². The van der Waals surface area contributed by atoms with Crippen LogP contribution < -0.4 is 9.47 Å². The second-order valence-electron chi connectivity index (χ2n) is 8.51. The van der Waals surface area contributed by atoms with Crippen LogP contribution in [-0.4, -0.2) is 11.2 Å². The molecule has 0 amide bonds. The Morgan fingerprint density at radius 3 is 1.79 bits per heavy atom. The molecule has 1 atom stereocenters. The monoisotopic (exact) mass is 440 g/mol. The van der Waals surface area contributed by atoms with Gasteiger partial charge in [0.05, 0.1) is 6.10 Å². The van der Waals surface area contributed by atoms with Gasteiger partial charge in [0, 0.05) is 0 Å². The second-order valence-corrected chi connectivity index (χ2v) is 8.51. The number of benzene rings is 4. The number of rotatable bonds is 11. The average Bonchev–Trinajstić information content (AvgIpc) is 2.86. The van der Waals surface area contributed by atoms with Crippen molar-refractivity contribution >= 4 is 10.8 Å². The molecule has 3 heteroatoms. The fraction of sp³-hybridized carbons (Fsp3) is 0.267. The molecule has 3 nitrogen and oxygen atoms in total. The van der Waals surface area contributed by atoms with Gasteiger partial charge in [-0.15, -0.1) is 0 Å². The topological polar surface area (TPSA) is 38.7 Å². The van der Waals surface area contributed by atoms with Crippen LogP contribution in [0.3, 0.4) is 0 Å². The van der Waals surface area contributed by atoms with Crippen LogP contribution in [0.2, 0.25) is 0 Å². The molecule has 4 rings (SSSR count). The van der Waals surface area contributed by atoms with E-state index in [9.17, 15) is 5.11 Å². The normalized spacial score (nSPS) is 11.9. The molecule has 0 fully saturated rings. The molecular formula is C30H32O3. The number of hydrogen-bond acceptors (Lipinski definition) is 3. The summed E-state index contributed by atoms with van der Waals surface area (Å²) < 4.78 is 12.4. The third kappa shape index (κ3) is 6.59. The molecule has 0 aromatic heterocycles. The van der Waals surface area contributed by atoms with Crippen LogP contribution in [0.15, 0.2) is 91.0 Å². The Morgan fingerprint density at radius 1 is 0.636 bits per heavy atom. The van der Waals surface area contributed by atoms with Gasteiger partial charge in [0.2, 0.25) is 0 Å². The Hall–Kier alpha value is -3.30.